The van der Waals surface area contributed by atoms with Gasteiger partial charge >= 0.3 is 11.9 Å². The van der Waals surface area contributed by atoms with E-state index in [-0.39, 0.29) is 11.7 Å². The molecule has 0 bridgehead atoms. The molecule has 2 heterocycles. The van der Waals surface area contributed by atoms with Crippen molar-refractivity contribution in [2.24, 2.45) is 17.8 Å². The van der Waals surface area contributed by atoms with Crippen LogP contribution in [-0.2, 0) is 28.6 Å². The van der Waals surface area contributed by atoms with E-state index in [0.29, 0.717) is 0 Å². The molecule has 1 spiro atoms. The molecule has 118 valence electrons. The number of carbonyl (C=O) groups excluding carboxylic acids is 3. The summed E-state index contributed by atoms with van der Waals surface area (Å²) in [4.78, 5) is 37.0. The number of Topliss-reactive ketones (excluding diaryl/α,β-unsaturated/α-hetero) is 1. The largest absolute Gasteiger partial charge is 0.421 e. The second-order valence-corrected chi connectivity index (χ2v) is 6.64. The van der Waals surface area contributed by atoms with Gasteiger partial charge in [-0.3, -0.25) is 4.79 Å². The summed E-state index contributed by atoms with van der Waals surface area (Å²) < 4.78 is 16.1. The minimum absolute atomic E-state index is 0.108. The molecule has 0 unspecified atom stereocenters. The number of hydrogen-bond acceptors (Lipinski definition) is 6. The van der Waals surface area contributed by atoms with Crippen molar-refractivity contribution in [3.8, 4) is 0 Å². The number of hydrogen-bond donors (Lipinski definition) is 0. The van der Waals surface area contributed by atoms with Gasteiger partial charge in [-0.05, 0) is 19.8 Å². The summed E-state index contributed by atoms with van der Waals surface area (Å²) in [5.74, 6) is -4.21. The number of ether oxygens (including phenoxy) is 3. The van der Waals surface area contributed by atoms with Crippen LogP contribution in [0.4, 0.5) is 0 Å². The van der Waals surface area contributed by atoms with Crippen molar-refractivity contribution in [3.63, 3.8) is 0 Å². The van der Waals surface area contributed by atoms with Crippen LogP contribution >= 0.6 is 0 Å². The molecule has 2 aliphatic heterocycles. The molecule has 2 aliphatic rings. The zero-order chi connectivity index (χ0) is 16.2. The van der Waals surface area contributed by atoms with Gasteiger partial charge in [-0.25, -0.2) is 9.59 Å². The van der Waals surface area contributed by atoms with Crippen LogP contribution in [-0.4, -0.2) is 35.2 Å². The van der Waals surface area contributed by atoms with Crippen molar-refractivity contribution in [3.05, 3.63) is 0 Å². The highest BCUT2D eigenvalue weighted by molar-refractivity contribution is 6.07. The summed E-state index contributed by atoms with van der Waals surface area (Å²) in [7, 11) is 0. The average molecular weight is 298 g/mol. The Morgan fingerprint density at radius 1 is 1.14 bits per heavy atom. The monoisotopic (exact) mass is 298 g/mol. The molecule has 0 amide bonds. The molecule has 3 atom stereocenters. The van der Waals surface area contributed by atoms with Crippen LogP contribution in [0.25, 0.3) is 0 Å². The number of carbonyl (C=O) groups is 3. The number of cyclic esters (lactones) is 2. The van der Waals surface area contributed by atoms with Crippen LogP contribution in [0.3, 0.4) is 0 Å². The molecule has 6 nitrogen and oxygen atoms in total. The van der Waals surface area contributed by atoms with Gasteiger partial charge in [0.2, 0.25) is 0 Å². The summed E-state index contributed by atoms with van der Waals surface area (Å²) in [6.07, 6.45) is -0.545. The lowest BCUT2D eigenvalue weighted by Gasteiger charge is -2.41. The van der Waals surface area contributed by atoms with Crippen LogP contribution < -0.4 is 0 Å². The molecule has 6 heteroatoms. The van der Waals surface area contributed by atoms with Gasteiger partial charge in [-0.15, -0.1) is 0 Å². The number of rotatable bonds is 2. The topological polar surface area (TPSA) is 78.9 Å². The first-order chi connectivity index (χ1) is 9.53. The first kappa shape index (κ1) is 15.9. The lowest BCUT2D eigenvalue weighted by molar-refractivity contribution is -0.267. The number of ketones is 1. The smallest absolute Gasteiger partial charge is 0.353 e. The SMILES string of the molecule is CC(=O)[C@@H]1[C@@H](C)OC2(C(=O)OC(C)(C)OC2=O)[C@H]1C(C)C. The van der Waals surface area contributed by atoms with E-state index in [2.05, 4.69) is 0 Å². The Morgan fingerprint density at radius 3 is 2.00 bits per heavy atom. The van der Waals surface area contributed by atoms with Crippen molar-refractivity contribution >= 4 is 17.7 Å². The van der Waals surface area contributed by atoms with Gasteiger partial charge in [0.05, 0.1) is 12.0 Å². The Morgan fingerprint density at radius 2 is 1.62 bits per heavy atom. The Labute approximate surface area is 124 Å². The summed E-state index contributed by atoms with van der Waals surface area (Å²) in [5.41, 5.74) is -1.83. The van der Waals surface area contributed by atoms with E-state index < -0.39 is 41.3 Å². The molecule has 2 rings (SSSR count). The molecule has 0 aromatic carbocycles. The zero-order valence-corrected chi connectivity index (χ0v) is 13.3. The van der Waals surface area contributed by atoms with Gasteiger partial charge in [0, 0.05) is 19.8 Å². The molecule has 2 saturated heterocycles. The minimum Gasteiger partial charge on any atom is -0.421 e. The molecule has 0 aromatic heterocycles. The van der Waals surface area contributed by atoms with Crippen molar-refractivity contribution < 1.29 is 28.6 Å². The van der Waals surface area contributed by atoms with Gasteiger partial charge in [0.25, 0.3) is 11.4 Å². The van der Waals surface area contributed by atoms with Gasteiger partial charge in [-0.1, -0.05) is 13.8 Å². The molecule has 0 N–H and O–H groups in total. The van der Waals surface area contributed by atoms with Crippen molar-refractivity contribution in [1.29, 1.82) is 0 Å². The first-order valence-corrected chi connectivity index (χ1v) is 7.18. The molecular weight excluding hydrogens is 276 g/mol. The summed E-state index contributed by atoms with van der Waals surface area (Å²) >= 11 is 0. The molecule has 21 heavy (non-hydrogen) atoms. The molecule has 0 radical (unpaired) electrons. The lowest BCUT2D eigenvalue weighted by atomic mass is 9.71. The molecule has 0 aliphatic carbocycles. The first-order valence-electron chi connectivity index (χ1n) is 7.18. The predicted molar refractivity (Wildman–Crippen MR) is 72.0 cm³/mol. The number of esters is 2. The minimum atomic E-state index is -1.83. The van der Waals surface area contributed by atoms with Gasteiger partial charge < -0.3 is 14.2 Å². The fourth-order valence-corrected chi connectivity index (χ4v) is 3.53. The Bertz CT molecular complexity index is 472. The van der Waals surface area contributed by atoms with E-state index in [4.69, 9.17) is 14.2 Å². The van der Waals surface area contributed by atoms with Crippen molar-refractivity contribution in [1.82, 2.24) is 0 Å². The predicted octanol–water partition coefficient (Wildman–Crippen LogP) is 1.46. The standard InChI is InChI=1S/C15H22O6/c1-7(2)11-10(8(3)16)9(4)19-15(11)12(17)20-14(5,6)21-13(15)18/h7,9-11H,1-6H3/t9-,10-,11+/m1/s1. The molecule has 2 fully saturated rings. The second-order valence-electron chi connectivity index (χ2n) is 6.64. The quantitative estimate of drug-likeness (QED) is 0.567. The maximum absolute atomic E-state index is 12.5. The molecule has 0 saturated carbocycles. The van der Waals surface area contributed by atoms with Gasteiger partial charge in [0.15, 0.2) is 0 Å². The van der Waals surface area contributed by atoms with Crippen LogP contribution in [0.1, 0.15) is 41.5 Å². The maximum atomic E-state index is 12.5. The van der Waals surface area contributed by atoms with E-state index >= 15 is 0 Å². The third-order valence-corrected chi connectivity index (χ3v) is 4.20. The summed E-state index contributed by atoms with van der Waals surface area (Å²) in [5, 5.41) is 0. The van der Waals surface area contributed by atoms with Crippen LogP contribution in [0.2, 0.25) is 0 Å². The van der Waals surface area contributed by atoms with Gasteiger partial charge in [0.1, 0.15) is 5.78 Å². The van der Waals surface area contributed by atoms with E-state index in [9.17, 15) is 14.4 Å². The highest BCUT2D eigenvalue weighted by Gasteiger charge is 2.70. The normalized spacial score (nSPS) is 34.0. The molecule has 0 aromatic rings. The van der Waals surface area contributed by atoms with Crippen LogP contribution in [0.5, 0.6) is 0 Å². The maximum Gasteiger partial charge on any atom is 0.353 e. The zero-order valence-electron chi connectivity index (χ0n) is 13.3. The van der Waals surface area contributed by atoms with Crippen molar-refractivity contribution in [2.75, 3.05) is 0 Å². The Hall–Kier alpha value is -1.43. The van der Waals surface area contributed by atoms with Gasteiger partial charge in [-0.2, -0.15) is 0 Å². The second kappa shape index (κ2) is 4.80. The van der Waals surface area contributed by atoms with Crippen molar-refractivity contribution in [2.45, 2.75) is 59.0 Å². The summed E-state index contributed by atoms with van der Waals surface area (Å²) in [6.45, 7) is 9.81. The van der Waals surface area contributed by atoms with E-state index in [1.807, 2.05) is 13.8 Å². The Balaban J connectivity index is 2.52. The third kappa shape index (κ3) is 2.25. The van der Waals surface area contributed by atoms with E-state index in [1.54, 1.807) is 6.92 Å². The fraction of sp³-hybridized carbons (Fsp3) is 0.800. The summed E-state index contributed by atoms with van der Waals surface area (Å²) in [6, 6.07) is 0. The average Bonchev–Trinajstić information content (AvgIpc) is 2.60. The fourth-order valence-electron chi connectivity index (χ4n) is 3.53. The van der Waals surface area contributed by atoms with E-state index in [1.165, 1.54) is 20.8 Å². The Kier molecular flexibility index (Phi) is 3.64. The highest BCUT2D eigenvalue weighted by atomic mass is 16.8. The van der Waals surface area contributed by atoms with Crippen LogP contribution in [0, 0.1) is 17.8 Å². The molecular formula is C15H22O6. The lowest BCUT2D eigenvalue weighted by Crippen LogP contribution is -2.63. The van der Waals surface area contributed by atoms with E-state index in [0.717, 1.165) is 0 Å². The third-order valence-electron chi connectivity index (χ3n) is 4.20. The highest BCUT2D eigenvalue weighted by Crippen LogP contribution is 2.49. The van der Waals surface area contributed by atoms with Crippen LogP contribution in [0.15, 0.2) is 0 Å².